The molecule has 0 amide bonds. The molecule has 1 nitrogen and oxygen atoms in total. The molecule has 2 heteroatoms. The van der Waals surface area contributed by atoms with E-state index in [0.29, 0.717) is 0 Å². The molecule has 1 aliphatic heterocycles. The molecule has 74 valence electrons. The fourth-order valence-electron chi connectivity index (χ4n) is 1.61. The summed E-state index contributed by atoms with van der Waals surface area (Å²) in [5.74, 6) is 2.04. The van der Waals surface area contributed by atoms with Gasteiger partial charge in [-0.1, -0.05) is 18.5 Å². The van der Waals surface area contributed by atoms with Crippen LogP contribution in [-0.2, 0) is 6.42 Å². The number of fused-ring (bicyclic) bond motifs is 1. The predicted octanol–water partition coefficient (Wildman–Crippen LogP) is 3.96. The Bertz CT molecular complexity index is 369. The monoisotopic (exact) mass is 208 g/mol. The summed E-state index contributed by atoms with van der Waals surface area (Å²) in [4.78, 5) is 0. The van der Waals surface area contributed by atoms with Crippen molar-refractivity contribution >= 4 is 11.6 Å². The average molecular weight is 209 g/mol. The second-order valence-corrected chi connectivity index (χ2v) is 3.92. The summed E-state index contributed by atoms with van der Waals surface area (Å²) in [6.45, 7) is 2.15. The molecule has 14 heavy (non-hydrogen) atoms. The van der Waals surface area contributed by atoms with Gasteiger partial charge in [0.25, 0.3) is 0 Å². The third-order valence-corrected chi connectivity index (χ3v) is 2.54. The highest BCUT2D eigenvalue weighted by Gasteiger charge is 2.11. The van der Waals surface area contributed by atoms with Crippen LogP contribution in [0.2, 0.25) is 5.02 Å². The minimum atomic E-state index is 0.777. The van der Waals surface area contributed by atoms with Crippen molar-refractivity contribution in [3.8, 4) is 5.75 Å². The second-order valence-electron chi connectivity index (χ2n) is 3.48. The van der Waals surface area contributed by atoms with E-state index in [2.05, 4.69) is 13.0 Å². The number of hydrogen-bond acceptors (Lipinski definition) is 1. The lowest BCUT2D eigenvalue weighted by atomic mass is 10.1. The van der Waals surface area contributed by atoms with Gasteiger partial charge in [0, 0.05) is 17.0 Å². The summed E-state index contributed by atoms with van der Waals surface area (Å²) in [5, 5.41) is 0.777. The maximum absolute atomic E-state index is 5.90. The SMILES string of the molecule is CCCC1=CCc2cc(Cl)ccc2O1. The highest BCUT2D eigenvalue weighted by atomic mass is 35.5. The number of benzene rings is 1. The molecule has 0 unspecified atom stereocenters. The molecule has 1 aromatic carbocycles. The van der Waals surface area contributed by atoms with Crippen molar-refractivity contribution in [2.24, 2.45) is 0 Å². The first-order valence-corrected chi connectivity index (χ1v) is 5.32. The van der Waals surface area contributed by atoms with Gasteiger partial charge in [0.15, 0.2) is 0 Å². The van der Waals surface area contributed by atoms with Gasteiger partial charge in [0.1, 0.15) is 11.5 Å². The lowest BCUT2D eigenvalue weighted by Crippen LogP contribution is -2.04. The van der Waals surface area contributed by atoms with E-state index < -0.39 is 0 Å². The Hall–Kier alpha value is -0.950. The lowest BCUT2D eigenvalue weighted by molar-refractivity contribution is 0.387. The van der Waals surface area contributed by atoms with Crippen molar-refractivity contribution in [2.75, 3.05) is 0 Å². The van der Waals surface area contributed by atoms with Crippen LogP contribution in [0.5, 0.6) is 5.75 Å². The van der Waals surface area contributed by atoms with E-state index in [-0.39, 0.29) is 0 Å². The van der Waals surface area contributed by atoms with Crippen molar-refractivity contribution in [3.63, 3.8) is 0 Å². The van der Waals surface area contributed by atoms with Gasteiger partial charge in [-0.15, -0.1) is 0 Å². The fourth-order valence-corrected chi connectivity index (χ4v) is 1.81. The van der Waals surface area contributed by atoms with Gasteiger partial charge in [-0.2, -0.15) is 0 Å². The second kappa shape index (κ2) is 4.05. The van der Waals surface area contributed by atoms with Gasteiger partial charge in [-0.25, -0.2) is 0 Å². The molecule has 0 bridgehead atoms. The zero-order valence-corrected chi connectivity index (χ0v) is 8.97. The molecule has 0 radical (unpaired) electrons. The van der Waals surface area contributed by atoms with E-state index in [1.54, 1.807) is 0 Å². The van der Waals surface area contributed by atoms with Gasteiger partial charge in [-0.05, 0) is 37.1 Å². The maximum atomic E-state index is 5.90. The normalized spacial score (nSPS) is 14.3. The average Bonchev–Trinajstić information content (AvgIpc) is 2.19. The minimum absolute atomic E-state index is 0.777. The maximum Gasteiger partial charge on any atom is 0.130 e. The summed E-state index contributed by atoms with van der Waals surface area (Å²) >= 11 is 5.90. The van der Waals surface area contributed by atoms with Crippen molar-refractivity contribution < 1.29 is 4.74 Å². The van der Waals surface area contributed by atoms with Crippen LogP contribution >= 0.6 is 11.6 Å². The van der Waals surface area contributed by atoms with Crippen LogP contribution in [-0.4, -0.2) is 0 Å². The first-order chi connectivity index (χ1) is 6.79. The molecular formula is C12H13ClO. The van der Waals surface area contributed by atoms with E-state index in [9.17, 15) is 0 Å². The summed E-state index contributed by atoms with van der Waals surface area (Å²) in [7, 11) is 0. The molecule has 0 aromatic heterocycles. The van der Waals surface area contributed by atoms with Crippen molar-refractivity contribution in [2.45, 2.75) is 26.2 Å². The van der Waals surface area contributed by atoms with Gasteiger partial charge >= 0.3 is 0 Å². The Labute approximate surface area is 89.3 Å². The van der Waals surface area contributed by atoms with Crippen LogP contribution in [0.15, 0.2) is 30.0 Å². The molecule has 0 saturated heterocycles. The highest BCUT2D eigenvalue weighted by Crippen LogP contribution is 2.29. The Kier molecular flexibility index (Phi) is 2.78. The van der Waals surface area contributed by atoms with E-state index >= 15 is 0 Å². The van der Waals surface area contributed by atoms with E-state index in [1.807, 2.05) is 18.2 Å². The fraction of sp³-hybridized carbons (Fsp3) is 0.333. The van der Waals surface area contributed by atoms with Crippen LogP contribution in [0.1, 0.15) is 25.3 Å². The van der Waals surface area contributed by atoms with Gasteiger partial charge in [-0.3, -0.25) is 0 Å². The third kappa shape index (κ3) is 1.93. The first-order valence-electron chi connectivity index (χ1n) is 4.95. The smallest absolute Gasteiger partial charge is 0.130 e. The van der Waals surface area contributed by atoms with Gasteiger partial charge < -0.3 is 4.74 Å². The zero-order chi connectivity index (χ0) is 9.97. The van der Waals surface area contributed by atoms with Crippen LogP contribution < -0.4 is 4.74 Å². The number of hydrogen-bond donors (Lipinski definition) is 0. The lowest BCUT2D eigenvalue weighted by Gasteiger charge is -2.17. The molecular weight excluding hydrogens is 196 g/mol. The predicted molar refractivity (Wildman–Crippen MR) is 58.8 cm³/mol. The molecule has 1 aromatic rings. The molecule has 0 aliphatic carbocycles. The summed E-state index contributed by atoms with van der Waals surface area (Å²) in [6, 6.07) is 5.78. The standard InChI is InChI=1S/C12H13ClO/c1-2-3-11-6-4-9-8-10(13)5-7-12(9)14-11/h5-8H,2-4H2,1H3. The first kappa shape index (κ1) is 9.60. The molecule has 0 saturated carbocycles. The zero-order valence-electron chi connectivity index (χ0n) is 8.22. The van der Waals surface area contributed by atoms with Gasteiger partial charge in [0.05, 0.1) is 0 Å². The third-order valence-electron chi connectivity index (χ3n) is 2.31. The van der Waals surface area contributed by atoms with Crippen molar-refractivity contribution in [1.29, 1.82) is 0 Å². The van der Waals surface area contributed by atoms with Crippen molar-refractivity contribution in [3.05, 3.63) is 40.6 Å². The van der Waals surface area contributed by atoms with Gasteiger partial charge in [0.2, 0.25) is 0 Å². The quantitative estimate of drug-likeness (QED) is 0.715. The molecule has 0 atom stereocenters. The Balaban J connectivity index is 2.21. The van der Waals surface area contributed by atoms with Crippen LogP contribution in [0.25, 0.3) is 0 Å². The Morgan fingerprint density at radius 1 is 1.43 bits per heavy atom. The molecule has 1 heterocycles. The number of allylic oxidation sites excluding steroid dienone is 2. The number of halogens is 1. The molecule has 0 fully saturated rings. The van der Waals surface area contributed by atoms with Crippen molar-refractivity contribution in [1.82, 2.24) is 0 Å². The topological polar surface area (TPSA) is 9.23 Å². The minimum Gasteiger partial charge on any atom is -0.462 e. The molecule has 0 N–H and O–H groups in total. The summed E-state index contributed by atoms with van der Waals surface area (Å²) < 4.78 is 5.73. The van der Waals surface area contributed by atoms with E-state index in [1.165, 1.54) is 5.56 Å². The Morgan fingerprint density at radius 3 is 3.07 bits per heavy atom. The largest absolute Gasteiger partial charge is 0.462 e. The number of rotatable bonds is 2. The summed E-state index contributed by atoms with van der Waals surface area (Å²) in [6.07, 6.45) is 5.21. The Morgan fingerprint density at radius 2 is 2.29 bits per heavy atom. The highest BCUT2D eigenvalue weighted by molar-refractivity contribution is 6.30. The van der Waals surface area contributed by atoms with Crippen LogP contribution in [0.3, 0.4) is 0 Å². The van der Waals surface area contributed by atoms with Crippen LogP contribution in [0.4, 0.5) is 0 Å². The summed E-state index contributed by atoms with van der Waals surface area (Å²) in [5.41, 5.74) is 1.18. The molecule has 0 spiro atoms. The van der Waals surface area contributed by atoms with Crippen LogP contribution in [0, 0.1) is 0 Å². The molecule has 1 aliphatic rings. The number of ether oxygens (including phenoxy) is 1. The van der Waals surface area contributed by atoms with E-state index in [4.69, 9.17) is 16.3 Å². The van der Waals surface area contributed by atoms with E-state index in [0.717, 1.165) is 35.8 Å². The molecule has 2 rings (SSSR count).